The molecule has 0 aliphatic heterocycles. The van der Waals surface area contributed by atoms with Gasteiger partial charge in [0.05, 0.1) is 16.6 Å². The van der Waals surface area contributed by atoms with Gasteiger partial charge in [0.15, 0.2) is 5.75 Å². The van der Waals surface area contributed by atoms with Crippen molar-refractivity contribution < 1.29 is 9.66 Å². The first-order chi connectivity index (χ1) is 6.57. The second-order valence-corrected chi connectivity index (χ2v) is 2.91. The van der Waals surface area contributed by atoms with Gasteiger partial charge < -0.3 is 10.5 Å². The Balaban J connectivity index is 3.30. The highest BCUT2D eigenvalue weighted by Gasteiger charge is 2.21. The molecule has 0 unspecified atom stereocenters. The van der Waals surface area contributed by atoms with Crippen LogP contribution in [0.15, 0.2) is 12.1 Å². The third-order valence-corrected chi connectivity index (χ3v) is 1.94. The highest BCUT2D eigenvalue weighted by molar-refractivity contribution is 6.33. The Kier molecular flexibility index (Phi) is 3.14. The Morgan fingerprint density at radius 1 is 1.64 bits per heavy atom. The first-order valence-corrected chi connectivity index (χ1v) is 4.30. The smallest absolute Gasteiger partial charge is 0.335 e. The van der Waals surface area contributed by atoms with Gasteiger partial charge in [-0.2, -0.15) is 0 Å². The van der Waals surface area contributed by atoms with E-state index in [1.165, 1.54) is 12.1 Å². The first-order valence-electron chi connectivity index (χ1n) is 3.93. The SMILES string of the molecule is CCOc1ccc(Cl)c(N)c1[N+](=O)[O-]. The third kappa shape index (κ3) is 1.88. The maximum atomic E-state index is 10.7. The van der Waals surface area contributed by atoms with Gasteiger partial charge in [-0.15, -0.1) is 0 Å². The van der Waals surface area contributed by atoms with E-state index in [2.05, 4.69) is 0 Å². The van der Waals surface area contributed by atoms with E-state index in [9.17, 15) is 10.1 Å². The molecule has 0 fully saturated rings. The molecule has 0 aliphatic rings. The molecule has 5 nitrogen and oxygen atoms in total. The summed E-state index contributed by atoms with van der Waals surface area (Å²) in [5.41, 5.74) is 5.12. The van der Waals surface area contributed by atoms with E-state index in [-0.39, 0.29) is 22.1 Å². The molecule has 0 radical (unpaired) electrons. The lowest BCUT2D eigenvalue weighted by Gasteiger charge is -2.06. The lowest BCUT2D eigenvalue weighted by molar-refractivity contribution is -0.384. The lowest BCUT2D eigenvalue weighted by Crippen LogP contribution is -2.01. The Bertz CT molecular complexity index is 368. The normalized spacial score (nSPS) is 9.86. The van der Waals surface area contributed by atoms with Gasteiger partial charge in [0, 0.05) is 0 Å². The largest absolute Gasteiger partial charge is 0.487 e. The number of halogens is 1. The number of nitrogens with zero attached hydrogens (tertiary/aromatic N) is 1. The van der Waals surface area contributed by atoms with Gasteiger partial charge in [-0.1, -0.05) is 11.6 Å². The zero-order valence-electron chi connectivity index (χ0n) is 7.49. The molecule has 0 spiro atoms. The minimum atomic E-state index is -0.605. The fraction of sp³-hybridized carbons (Fsp3) is 0.250. The number of ether oxygens (including phenoxy) is 1. The maximum absolute atomic E-state index is 10.7. The number of anilines is 1. The summed E-state index contributed by atoms with van der Waals surface area (Å²) < 4.78 is 5.05. The highest BCUT2D eigenvalue weighted by Crippen LogP contribution is 2.37. The number of nitrogen functional groups attached to an aromatic ring is 1. The van der Waals surface area contributed by atoms with Gasteiger partial charge in [-0.05, 0) is 19.1 Å². The zero-order chi connectivity index (χ0) is 10.7. The molecule has 0 bridgehead atoms. The van der Waals surface area contributed by atoms with Gasteiger partial charge in [-0.3, -0.25) is 10.1 Å². The summed E-state index contributed by atoms with van der Waals surface area (Å²) in [5.74, 6) is 0.138. The predicted octanol–water partition coefficient (Wildman–Crippen LogP) is 2.23. The van der Waals surface area contributed by atoms with Crippen LogP contribution in [-0.4, -0.2) is 11.5 Å². The standard InChI is InChI=1S/C8H9ClN2O3/c1-2-14-6-4-3-5(9)7(10)8(6)11(12)13/h3-4H,2,10H2,1H3. The molecule has 0 saturated heterocycles. The van der Waals surface area contributed by atoms with Gasteiger partial charge in [0.25, 0.3) is 0 Å². The van der Waals surface area contributed by atoms with Crippen molar-refractivity contribution in [2.45, 2.75) is 6.92 Å². The minimum Gasteiger partial charge on any atom is -0.487 e. The van der Waals surface area contributed by atoms with E-state index < -0.39 is 4.92 Å². The minimum absolute atomic E-state index is 0.0670. The molecule has 0 saturated carbocycles. The Morgan fingerprint density at radius 2 is 2.29 bits per heavy atom. The fourth-order valence-electron chi connectivity index (χ4n) is 1.02. The van der Waals surface area contributed by atoms with Crippen molar-refractivity contribution in [3.8, 4) is 5.75 Å². The summed E-state index contributed by atoms with van der Waals surface area (Å²) in [6.07, 6.45) is 0. The monoisotopic (exact) mass is 216 g/mol. The summed E-state index contributed by atoms with van der Waals surface area (Å²) in [6, 6.07) is 2.90. The summed E-state index contributed by atoms with van der Waals surface area (Å²) in [6.45, 7) is 2.07. The van der Waals surface area contributed by atoms with Crippen LogP contribution in [-0.2, 0) is 0 Å². The third-order valence-electron chi connectivity index (χ3n) is 1.61. The number of hydrogen-bond donors (Lipinski definition) is 1. The van der Waals surface area contributed by atoms with E-state index in [0.717, 1.165) is 0 Å². The topological polar surface area (TPSA) is 78.4 Å². The van der Waals surface area contributed by atoms with E-state index in [1.807, 2.05) is 0 Å². The molecule has 0 aliphatic carbocycles. The Hall–Kier alpha value is -1.49. The number of nitro benzene ring substituents is 1. The van der Waals surface area contributed by atoms with Gasteiger partial charge in [0.2, 0.25) is 0 Å². The van der Waals surface area contributed by atoms with Crippen molar-refractivity contribution in [3.63, 3.8) is 0 Å². The van der Waals surface area contributed by atoms with Crippen LogP contribution >= 0.6 is 11.6 Å². The van der Waals surface area contributed by atoms with E-state index in [1.54, 1.807) is 6.92 Å². The van der Waals surface area contributed by atoms with Crippen molar-refractivity contribution in [2.75, 3.05) is 12.3 Å². The van der Waals surface area contributed by atoms with E-state index in [4.69, 9.17) is 22.1 Å². The molecule has 1 rings (SSSR count). The van der Waals surface area contributed by atoms with Crippen LogP contribution in [0.2, 0.25) is 5.02 Å². The molecule has 1 aromatic carbocycles. The van der Waals surface area contributed by atoms with Gasteiger partial charge in [0.1, 0.15) is 5.69 Å². The molecule has 76 valence electrons. The predicted molar refractivity (Wildman–Crippen MR) is 53.7 cm³/mol. The Labute approximate surface area is 85.6 Å². The molecular weight excluding hydrogens is 208 g/mol. The summed E-state index contributed by atoms with van der Waals surface area (Å²) in [7, 11) is 0. The summed E-state index contributed by atoms with van der Waals surface area (Å²) in [5, 5.41) is 10.8. The van der Waals surface area contributed by atoms with Crippen molar-refractivity contribution in [1.29, 1.82) is 0 Å². The average molecular weight is 217 g/mol. The van der Waals surface area contributed by atoms with Crippen molar-refractivity contribution in [2.24, 2.45) is 0 Å². The molecule has 0 amide bonds. The summed E-state index contributed by atoms with van der Waals surface area (Å²) in [4.78, 5) is 10.1. The molecule has 6 heteroatoms. The molecule has 1 aromatic rings. The second kappa shape index (κ2) is 4.15. The number of nitro groups is 1. The van der Waals surface area contributed by atoms with Crippen LogP contribution in [0.4, 0.5) is 11.4 Å². The fourth-order valence-corrected chi connectivity index (χ4v) is 1.18. The number of benzene rings is 1. The van der Waals surface area contributed by atoms with Crippen LogP contribution < -0.4 is 10.5 Å². The molecule has 0 aromatic heterocycles. The number of hydrogen-bond acceptors (Lipinski definition) is 4. The molecule has 14 heavy (non-hydrogen) atoms. The van der Waals surface area contributed by atoms with Crippen LogP contribution in [0, 0.1) is 10.1 Å². The molecule has 0 atom stereocenters. The number of nitrogens with two attached hydrogens (primary N) is 1. The van der Waals surface area contributed by atoms with Gasteiger partial charge in [-0.25, -0.2) is 0 Å². The average Bonchev–Trinajstić information content (AvgIpc) is 2.11. The van der Waals surface area contributed by atoms with Crippen LogP contribution in [0.5, 0.6) is 5.75 Å². The number of rotatable bonds is 3. The van der Waals surface area contributed by atoms with Crippen molar-refractivity contribution in [1.82, 2.24) is 0 Å². The quantitative estimate of drug-likeness (QED) is 0.477. The van der Waals surface area contributed by atoms with Gasteiger partial charge >= 0.3 is 5.69 Å². The maximum Gasteiger partial charge on any atom is 0.335 e. The first kappa shape index (κ1) is 10.6. The summed E-state index contributed by atoms with van der Waals surface area (Å²) >= 11 is 5.65. The lowest BCUT2D eigenvalue weighted by atomic mass is 10.2. The van der Waals surface area contributed by atoms with Crippen molar-refractivity contribution in [3.05, 3.63) is 27.3 Å². The van der Waals surface area contributed by atoms with Crippen LogP contribution in [0.3, 0.4) is 0 Å². The molecular formula is C8H9ClN2O3. The second-order valence-electron chi connectivity index (χ2n) is 2.50. The van der Waals surface area contributed by atoms with Crippen LogP contribution in [0.25, 0.3) is 0 Å². The van der Waals surface area contributed by atoms with Crippen molar-refractivity contribution >= 4 is 23.0 Å². The van der Waals surface area contributed by atoms with E-state index in [0.29, 0.717) is 6.61 Å². The molecule has 2 N–H and O–H groups in total. The highest BCUT2D eigenvalue weighted by atomic mass is 35.5. The Morgan fingerprint density at radius 3 is 2.79 bits per heavy atom. The molecule has 0 heterocycles. The van der Waals surface area contributed by atoms with Crippen LogP contribution in [0.1, 0.15) is 6.92 Å². The zero-order valence-corrected chi connectivity index (χ0v) is 8.25. The van der Waals surface area contributed by atoms with E-state index >= 15 is 0 Å².